The molecule has 0 saturated heterocycles. The van der Waals surface area contributed by atoms with Gasteiger partial charge in [0.1, 0.15) is 12.3 Å². The monoisotopic (exact) mass is 470 g/mol. The van der Waals surface area contributed by atoms with E-state index in [1.54, 1.807) is 0 Å². The van der Waals surface area contributed by atoms with Crippen LogP contribution in [0.5, 0.6) is 5.75 Å². The Balaban J connectivity index is 1.37. The van der Waals surface area contributed by atoms with Gasteiger partial charge < -0.3 is 15.0 Å². The van der Waals surface area contributed by atoms with Gasteiger partial charge in [-0.2, -0.15) is 0 Å². The molecular formula is C26H22N4O5. The fourth-order valence-electron chi connectivity index (χ4n) is 4.37. The number of carbonyl (C=O) groups excluding carboxylic acids is 2. The number of non-ortho nitro benzene ring substituents is 1. The molecule has 3 aromatic carbocycles. The van der Waals surface area contributed by atoms with Crippen LogP contribution in [0.2, 0.25) is 0 Å². The molecule has 0 bridgehead atoms. The van der Waals surface area contributed by atoms with E-state index >= 15 is 0 Å². The number of aromatic nitrogens is 1. The number of aromatic amines is 1. The number of nitro groups is 1. The number of rotatable bonds is 7. The lowest BCUT2D eigenvalue weighted by molar-refractivity contribution is -0.384. The predicted molar refractivity (Wildman–Crippen MR) is 131 cm³/mol. The number of nitrogens with zero attached hydrogens (tertiary/aromatic N) is 2. The summed E-state index contributed by atoms with van der Waals surface area (Å²) < 4.78 is 5.38. The van der Waals surface area contributed by atoms with Crippen molar-refractivity contribution in [3.63, 3.8) is 0 Å². The van der Waals surface area contributed by atoms with Gasteiger partial charge in [-0.25, -0.2) is 0 Å². The van der Waals surface area contributed by atoms with Crippen molar-refractivity contribution in [2.45, 2.75) is 5.92 Å². The van der Waals surface area contributed by atoms with Gasteiger partial charge in [-0.15, -0.1) is 0 Å². The minimum atomic E-state index is -0.552. The van der Waals surface area contributed by atoms with Crippen molar-refractivity contribution in [1.29, 1.82) is 0 Å². The molecular weight excluding hydrogens is 448 g/mol. The summed E-state index contributed by atoms with van der Waals surface area (Å²) in [5, 5.41) is 15.2. The van der Waals surface area contributed by atoms with Crippen molar-refractivity contribution in [2.75, 3.05) is 24.6 Å². The minimum Gasteiger partial charge on any atom is -0.482 e. The normalized spacial score (nSPS) is 13.7. The topological polar surface area (TPSA) is 118 Å². The van der Waals surface area contributed by atoms with Crippen LogP contribution in [0.25, 0.3) is 10.9 Å². The average Bonchev–Trinajstić information content (AvgIpc) is 3.30. The molecule has 5 rings (SSSR count). The van der Waals surface area contributed by atoms with E-state index in [9.17, 15) is 19.7 Å². The molecule has 9 nitrogen and oxygen atoms in total. The smallest absolute Gasteiger partial charge is 0.271 e. The number of anilines is 1. The van der Waals surface area contributed by atoms with Crippen molar-refractivity contribution in [2.24, 2.45) is 0 Å². The third kappa shape index (κ3) is 4.43. The minimum absolute atomic E-state index is 0.120. The van der Waals surface area contributed by atoms with Crippen LogP contribution in [-0.2, 0) is 9.59 Å². The number of benzene rings is 3. The Labute approximate surface area is 200 Å². The first kappa shape index (κ1) is 22.1. The van der Waals surface area contributed by atoms with E-state index in [0.29, 0.717) is 12.3 Å². The molecule has 2 amide bonds. The van der Waals surface area contributed by atoms with Crippen LogP contribution in [0.15, 0.2) is 79.0 Å². The summed E-state index contributed by atoms with van der Waals surface area (Å²) in [6.07, 6.45) is 1.95. The summed E-state index contributed by atoms with van der Waals surface area (Å²) in [7, 11) is 0. The second-order valence-electron chi connectivity index (χ2n) is 8.23. The van der Waals surface area contributed by atoms with Crippen LogP contribution in [0.1, 0.15) is 17.0 Å². The number of nitrogens with one attached hydrogen (secondary N) is 2. The molecule has 1 unspecified atom stereocenters. The largest absolute Gasteiger partial charge is 0.482 e. The van der Waals surface area contributed by atoms with E-state index < -0.39 is 10.8 Å². The molecule has 0 fully saturated rings. The van der Waals surface area contributed by atoms with Crippen molar-refractivity contribution in [3.8, 4) is 5.75 Å². The average molecular weight is 470 g/mol. The van der Waals surface area contributed by atoms with E-state index in [0.717, 1.165) is 22.0 Å². The van der Waals surface area contributed by atoms with E-state index in [4.69, 9.17) is 4.74 Å². The van der Waals surface area contributed by atoms with Crippen LogP contribution < -0.4 is 15.0 Å². The van der Waals surface area contributed by atoms with Crippen LogP contribution in [0, 0.1) is 10.1 Å². The number of nitro benzene ring substituents is 1. The zero-order valence-electron chi connectivity index (χ0n) is 18.6. The first-order valence-corrected chi connectivity index (χ1v) is 11.1. The number of carbonyl (C=O) groups is 2. The van der Waals surface area contributed by atoms with Crippen molar-refractivity contribution < 1.29 is 19.2 Å². The predicted octanol–water partition coefficient (Wildman–Crippen LogP) is 3.75. The number of amides is 2. The Hall–Kier alpha value is -4.66. The fraction of sp³-hybridized carbons (Fsp3) is 0.154. The van der Waals surface area contributed by atoms with Crippen molar-refractivity contribution >= 4 is 34.1 Å². The highest BCUT2D eigenvalue weighted by molar-refractivity contribution is 6.02. The van der Waals surface area contributed by atoms with Crippen LogP contribution in [0.3, 0.4) is 0 Å². The summed E-state index contributed by atoms with van der Waals surface area (Å²) in [5.41, 5.74) is 3.13. The Morgan fingerprint density at radius 2 is 1.89 bits per heavy atom. The molecule has 0 spiro atoms. The number of hydrogen-bond donors (Lipinski definition) is 2. The number of hydrogen-bond acceptors (Lipinski definition) is 5. The maximum atomic E-state index is 13.0. The van der Waals surface area contributed by atoms with E-state index in [-0.39, 0.29) is 36.4 Å². The first-order valence-electron chi connectivity index (χ1n) is 11.1. The van der Waals surface area contributed by atoms with E-state index in [2.05, 4.69) is 10.3 Å². The first-order chi connectivity index (χ1) is 17.0. The molecule has 1 aliphatic rings. The Bertz CT molecular complexity index is 1420. The highest BCUT2D eigenvalue weighted by atomic mass is 16.6. The zero-order valence-corrected chi connectivity index (χ0v) is 18.6. The van der Waals surface area contributed by atoms with Gasteiger partial charge in [-0.3, -0.25) is 24.6 Å². The van der Waals surface area contributed by atoms with Gasteiger partial charge in [-0.05, 0) is 23.3 Å². The lowest BCUT2D eigenvalue weighted by Crippen LogP contribution is -2.45. The standard InChI is InChI=1S/C26H22N4O5/c31-25(15-29-23-12-18(30(33)34)10-11-24(23)35-16-26(29)32)28-13-20(17-6-2-1-3-7-17)21-14-27-22-9-5-4-8-19(21)22/h1-12,14,20,27H,13,15-16H2,(H,28,31). The molecule has 4 aromatic rings. The maximum Gasteiger partial charge on any atom is 0.271 e. The highest BCUT2D eigenvalue weighted by Gasteiger charge is 2.29. The molecule has 9 heteroatoms. The molecule has 0 saturated carbocycles. The van der Waals surface area contributed by atoms with Gasteiger partial charge in [0.25, 0.3) is 11.6 Å². The van der Waals surface area contributed by atoms with E-state index in [1.807, 2.05) is 60.8 Å². The molecule has 0 radical (unpaired) electrons. The van der Waals surface area contributed by atoms with E-state index in [1.165, 1.54) is 23.1 Å². The number of ether oxygens (including phenoxy) is 1. The second kappa shape index (κ2) is 9.30. The maximum absolute atomic E-state index is 13.0. The van der Waals surface area contributed by atoms with Gasteiger partial charge in [0, 0.05) is 41.7 Å². The Morgan fingerprint density at radius 1 is 1.11 bits per heavy atom. The quantitative estimate of drug-likeness (QED) is 0.315. The summed E-state index contributed by atoms with van der Waals surface area (Å²) in [5.74, 6) is -0.614. The van der Waals surface area contributed by atoms with Gasteiger partial charge in [0.2, 0.25) is 5.91 Å². The Morgan fingerprint density at radius 3 is 2.69 bits per heavy atom. The van der Waals surface area contributed by atoms with Crippen LogP contribution in [0.4, 0.5) is 11.4 Å². The second-order valence-corrected chi connectivity index (χ2v) is 8.23. The van der Waals surface area contributed by atoms with Crippen molar-refractivity contribution in [3.05, 3.63) is 100 Å². The van der Waals surface area contributed by atoms with Gasteiger partial charge in [0.15, 0.2) is 6.61 Å². The molecule has 1 aliphatic heterocycles. The number of fused-ring (bicyclic) bond motifs is 2. The van der Waals surface area contributed by atoms with Crippen LogP contribution in [-0.4, -0.2) is 41.4 Å². The third-order valence-corrected chi connectivity index (χ3v) is 6.10. The molecule has 35 heavy (non-hydrogen) atoms. The molecule has 1 atom stereocenters. The number of para-hydroxylation sites is 1. The number of H-pyrrole nitrogens is 1. The molecule has 1 aromatic heterocycles. The van der Waals surface area contributed by atoms with Crippen LogP contribution >= 0.6 is 0 Å². The third-order valence-electron chi connectivity index (χ3n) is 6.10. The lowest BCUT2D eigenvalue weighted by atomic mass is 9.91. The molecule has 2 heterocycles. The SMILES string of the molecule is O=C(CN1C(=O)COc2ccc([N+](=O)[O-])cc21)NCC(c1ccccc1)c1c[nH]c2ccccc12. The molecule has 2 N–H and O–H groups in total. The Kier molecular flexibility index (Phi) is 5.88. The van der Waals surface area contributed by atoms with Gasteiger partial charge in [-0.1, -0.05) is 48.5 Å². The summed E-state index contributed by atoms with van der Waals surface area (Å²) in [6.45, 7) is -0.198. The van der Waals surface area contributed by atoms with Crippen molar-refractivity contribution in [1.82, 2.24) is 10.3 Å². The molecule has 0 aliphatic carbocycles. The summed E-state index contributed by atoms with van der Waals surface area (Å²) in [6, 6.07) is 21.8. The lowest BCUT2D eigenvalue weighted by Gasteiger charge is -2.29. The van der Waals surface area contributed by atoms with Gasteiger partial charge >= 0.3 is 0 Å². The summed E-state index contributed by atoms with van der Waals surface area (Å²) >= 11 is 0. The highest BCUT2D eigenvalue weighted by Crippen LogP contribution is 2.35. The zero-order chi connectivity index (χ0) is 24.4. The molecule has 176 valence electrons. The fourth-order valence-corrected chi connectivity index (χ4v) is 4.37. The summed E-state index contributed by atoms with van der Waals surface area (Å²) in [4.78, 5) is 40.6. The van der Waals surface area contributed by atoms with Gasteiger partial charge in [0.05, 0.1) is 10.6 Å².